The molecule has 2 nitrogen and oxygen atoms in total. The SMILES string of the molecule is COc1ccccc1C(O[Si](C)C)C(C)(C)C. The van der Waals surface area contributed by atoms with E-state index in [0.29, 0.717) is 0 Å². The number of rotatable bonds is 4. The van der Waals surface area contributed by atoms with Crippen LogP contribution in [0.5, 0.6) is 5.75 Å². The zero-order valence-corrected chi connectivity index (χ0v) is 12.7. The fraction of sp³-hybridized carbons (Fsp3) is 0.571. The van der Waals surface area contributed by atoms with Crippen LogP contribution in [0.1, 0.15) is 32.4 Å². The Hall–Kier alpha value is -0.803. The molecular weight excluding hydrogens is 228 g/mol. The lowest BCUT2D eigenvalue weighted by Gasteiger charge is -2.33. The molecule has 0 N–H and O–H groups in total. The predicted octanol–water partition coefficient (Wildman–Crippen LogP) is 4.05. The molecule has 17 heavy (non-hydrogen) atoms. The normalized spacial score (nSPS) is 13.8. The molecule has 1 unspecified atom stereocenters. The fourth-order valence-electron chi connectivity index (χ4n) is 1.83. The summed E-state index contributed by atoms with van der Waals surface area (Å²) < 4.78 is 11.6. The van der Waals surface area contributed by atoms with E-state index in [9.17, 15) is 0 Å². The first-order chi connectivity index (χ1) is 7.86. The molecule has 0 saturated heterocycles. The highest BCUT2D eigenvalue weighted by atomic mass is 28.3. The fourth-order valence-corrected chi connectivity index (χ4v) is 2.78. The van der Waals surface area contributed by atoms with E-state index < -0.39 is 9.04 Å². The summed E-state index contributed by atoms with van der Waals surface area (Å²) in [7, 11) is 0.968. The van der Waals surface area contributed by atoms with Gasteiger partial charge in [-0.2, -0.15) is 0 Å². The number of para-hydroxylation sites is 1. The maximum absolute atomic E-state index is 6.17. The highest BCUT2D eigenvalue weighted by Crippen LogP contribution is 2.40. The molecule has 0 aliphatic carbocycles. The predicted molar refractivity (Wildman–Crippen MR) is 73.8 cm³/mol. The van der Waals surface area contributed by atoms with Crippen molar-refractivity contribution in [2.24, 2.45) is 5.41 Å². The van der Waals surface area contributed by atoms with Crippen LogP contribution in [0, 0.1) is 5.41 Å². The monoisotopic (exact) mass is 251 g/mol. The summed E-state index contributed by atoms with van der Waals surface area (Å²) in [4.78, 5) is 0. The number of hydrogen-bond acceptors (Lipinski definition) is 2. The Morgan fingerprint density at radius 2 is 1.71 bits per heavy atom. The van der Waals surface area contributed by atoms with E-state index in [1.807, 2.05) is 18.2 Å². The molecule has 0 aliphatic heterocycles. The third-order valence-corrected chi connectivity index (χ3v) is 3.27. The van der Waals surface area contributed by atoms with Gasteiger partial charge in [0.05, 0.1) is 13.2 Å². The van der Waals surface area contributed by atoms with E-state index in [0.717, 1.165) is 11.3 Å². The van der Waals surface area contributed by atoms with Crippen molar-refractivity contribution >= 4 is 9.04 Å². The van der Waals surface area contributed by atoms with Gasteiger partial charge in [0.15, 0.2) is 0 Å². The van der Waals surface area contributed by atoms with Crippen LogP contribution < -0.4 is 4.74 Å². The second-order valence-electron chi connectivity index (χ2n) is 5.51. The van der Waals surface area contributed by atoms with E-state index in [2.05, 4.69) is 39.9 Å². The maximum Gasteiger partial charge on any atom is 0.205 e. The van der Waals surface area contributed by atoms with Crippen LogP contribution in [0.3, 0.4) is 0 Å². The summed E-state index contributed by atoms with van der Waals surface area (Å²) in [5.74, 6) is 0.913. The smallest absolute Gasteiger partial charge is 0.205 e. The van der Waals surface area contributed by atoms with E-state index in [1.54, 1.807) is 7.11 Å². The van der Waals surface area contributed by atoms with Gasteiger partial charge in [-0.1, -0.05) is 39.0 Å². The summed E-state index contributed by atoms with van der Waals surface area (Å²) in [5, 5.41) is 0. The summed E-state index contributed by atoms with van der Waals surface area (Å²) in [5.41, 5.74) is 1.21. The van der Waals surface area contributed by atoms with Crippen molar-refractivity contribution in [3.8, 4) is 5.75 Å². The van der Waals surface area contributed by atoms with Gasteiger partial charge in [0.1, 0.15) is 5.75 Å². The van der Waals surface area contributed by atoms with Gasteiger partial charge in [-0.25, -0.2) is 0 Å². The number of methoxy groups -OCH3 is 1. The average molecular weight is 251 g/mol. The molecule has 0 heterocycles. The first-order valence-corrected chi connectivity index (χ1v) is 8.37. The quantitative estimate of drug-likeness (QED) is 0.752. The summed E-state index contributed by atoms with van der Waals surface area (Å²) in [6.45, 7) is 10.9. The Kier molecular flexibility index (Phi) is 4.77. The van der Waals surface area contributed by atoms with Gasteiger partial charge in [0.25, 0.3) is 0 Å². The van der Waals surface area contributed by atoms with Gasteiger partial charge in [-0.3, -0.25) is 0 Å². The molecule has 0 amide bonds. The lowest BCUT2D eigenvalue weighted by molar-refractivity contribution is 0.0840. The van der Waals surface area contributed by atoms with Gasteiger partial charge in [-0.05, 0) is 24.6 Å². The van der Waals surface area contributed by atoms with Crippen molar-refractivity contribution in [2.45, 2.75) is 40.0 Å². The van der Waals surface area contributed by atoms with Crippen molar-refractivity contribution in [3.05, 3.63) is 29.8 Å². The Bertz CT molecular complexity index is 355. The molecule has 0 bridgehead atoms. The molecule has 0 aromatic heterocycles. The Morgan fingerprint density at radius 1 is 1.12 bits per heavy atom. The second kappa shape index (κ2) is 5.69. The van der Waals surface area contributed by atoms with Crippen molar-refractivity contribution in [2.75, 3.05) is 7.11 Å². The minimum Gasteiger partial charge on any atom is -0.496 e. The standard InChI is InChI=1S/C14H23O2Si/c1-14(2,3)13(16-17(5)6)11-9-7-8-10-12(11)15-4/h7-10,13H,1-6H3. The molecule has 0 spiro atoms. The van der Waals surface area contributed by atoms with Crippen LogP contribution in [-0.4, -0.2) is 16.2 Å². The van der Waals surface area contributed by atoms with Gasteiger partial charge in [0.2, 0.25) is 9.04 Å². The third kappa shape index (κ3) is 3.86. The van der Waals surface area contributed by atoms with E-state index in [1.165, 1.54) is 0 Å². The van der Waals surface area contributed by atoms with Gasteiger partial charge in [-0.15, -0.1) is 0 Å². The zero-order valence-electron chi connectivity index (χ0n) is 11.7. The Labute approximate surface area is 107 Å². The Balaban J connectivity index is 3.12. The lowest BCUT2D eigenvalue weighted by Crippen LogP contribution is -2.26. The first kappa shape index (κ1) is 14.3. The molecule has 95 valence electrons. The summed E-state index contributed by atoms with van der Waals surface area (Å²) >= 11 is 0. The minimum atomic E-state index is -0.743. The molecular formula is C14H23O2Si. The molecule has 0 saturated carbocycles. The number of ether oxygens (including phenoxy) is 1. The largest absolute Gasteiger partial charge is 0.496 e. The highest BCUT2D eigenvalue weighted by Gasteiger charge is 2.30. The number of benzene rings is 1. The molecule has 3 heteroatoms. The second-order valence-corrected chi connectivity index (χ2v) is 7.57. The third-order valence-electron chi connectivity index (χ3n) is 2.56. The van der Waals surface area contributed by atoms with Crippen LogP contribution in [-0.2, 0) is 4.43 Å². The zero-order chi connectivity index (χ0) is 13.1. The molecule has 1 aromatic carbocycles. The van der Waals surface area contributed by atoms with Crippen molar-refractivity contribution in [1.82, 2.24) is 0 Å². The van der Waals surface area contributed by atoms with E-state index >= 15 is 0 Å². The van der Waals surface area contributed by atoms with Crippen molar-refractivity contribution in [3.63, 3.8) is 0 Å². The Morgan fingerprint density at radius 3 is 2.18 bits per heavy atom. The first-order valence-electron chi connectivity index (χ1n) is 5.96. The van der Waals surface area contributed by atoms with Gasteiger partial charge >= 0.3 is 0 Å². The molecule has 0 fully saturated rings. The molecule has 0 aliphatic rings. The van der Waals surface area contributed by atoms with Crippen LogP contribution >= 0.6 is 0 Å². The van der Waals surface area contributed by atoms with Crippen molar-refractivity contribution < 1.29 is 9.16 Å². The minimum absolute atomic E-state index is 0.0660. The molecule has 1 aromatic rings. The van der Waals surface area contributed by atoms with Gasteiger partial charge in [0, 0.05) is 5.56 Å². The molecule has 1 atom stereocenters. The van der Waals surface area contributed by atoms with Crippen LogP contribution in [0.2, 0.25) is 13.1 Å². The van der Waals surface area contributed by atoms with Crippen LogP contribution in [0.25, 0.3) is 0 Å². The van der Waals surface area contributed by atoms with E-state index in [-0.39, 0.29) is 11.5 Å². The topological polar surface area (TPSA) is 18.5 Å². The lowest BCUT2D eigenvalue weighted by atomic mass is 9.84. The van der Waals surface area contributed by atoms with Crippen molar-refractivity contribution in [1.29, 1.82) is 0 Å². The number of hydrogen-bond donors (Lipinski definition) is 0. The van der Waals surface area contributed by atoms with Crippen LogP contribution in [0.15, 0.2) is 24.3 Å². The molecule has 1 rings (SSSR count). The van der Waals surface area contributed by atoms with E-state index in [4.69, 9.17) is 9.16 Å². The average Bonchev–Trinajstić information content (AvgIpc) is 2.24. The van der Waals surface area contributed by atoms with Crippen LogP contribution in [0.4, 0.5) is 0 Å². The van der Waals surface area contributed by atoms with Gasteiger partial charge < -0.3 is 9.16 Å². The maximum atomic E-state index is 6.17. The molecule has 1 radical (unpaired) electrons. The summed E-state index contributed by atoms with van der Waals surface area (Å²) in [6, 6.07) is 8.12. The highest BCUT2D eigenvalue weighted by molar-refractivity contribution is 6.48. The summed E-state index contributed by atoms with van der Waals surface area (Å²) in [6.07, 6.45) is 0.0857.